The van der Waals surface area contributed by atoms with Gasteiger partial charge in [-0.3, -0.25) is 25.0 Å². The van der Waals surface area contributed by atoms with Gasteiger partial charge in [-0.15, -0.1) is 6.58 Å². The van der Waals surface area contributed by atoms with Gasteiger partial charge in [0.05, 0.1) is 35.2 Å². The Labute approximate surface area is 296 Å². The van der Waals surface area contributed by atoms with Crippen LogP contribution < -0.4 is 5.32 Å². The van der Waals surface area contributed by atoms with E-state index in [-0.39, 0.29) is 35.3 Å². The summed E-state index contributed by atoms with van der Waals surface area (Å²) in [4.78, 5) is 46.2. The van der Waals surface area contributed by atoms with E-state index in [1.807, 2.05) is 6.07 Å². The van der Waals surface area contributed by atoms with Crippen molar-refractivity contribution in [2.24, 2.45) is 4.99 Å². The summed E-state index contributed by atoms with van der Waals surface area (Å²) in [5, 5.41) is 17.5. The number of nitrogens with one attached hydrogen (secondary N) is 1. The Bertz CT molecular complexity index is 2080. The number of rotatable bonds is 11. The summed E-state index contributed by atoms with van der Waals surface area (Å²) in [5.41, 5.74) is 1.85. The number of benzene rings is 3. The number of hydrogen-bond donors (Lipinski definition) is 2. The molecule has 2 aromatic heterocycles. The van der Waals surface area contributed by atoms with Crippen molar-refractivity contribution in [3.8, 4) is 16.9 Å². The fourth-order valence-corrected chi connectivity index (χ4v) is 6.03. The number of carbonyl (C=O) groups excluding carboxylic acids is 2. The Morgan fingerprint density at radius 3 is 2.51 bits per heavy atom. The third kappa shape index (κ3) is 7.23. The molecule has 0 unspecified atom stereocenters. The third-order valence-corrected chi connectivity index (χ3v) is 8.46. The van der Waals surface area contributed by atoms with Crippen molar-refractivity contribution >= 4 is 29.6 Å². The van der Waals surface area contributed by atoms with E-state index in [9.17, 15) is 23.5 Å². The molecule has 2 N–H and O–H groups in total. The predicted octanol–water partition coefficient (Wildman–Crippen LogP) is 6.34. The van der Waals surface area contributed by atoms with Gasteiger partial charge in [0.1, 0.15) is 12.9 Å². The van der Waals surface area contributed by atoms with E-state index in [4.69, 9.17) is 21.3 Å². The molecule has 0 bridgehead atoms. The molecule has 260 valence electrons. The number of ether oxygens (including phenoxy) is 1. The highest BCUT2D eigenvalue weighted by Crippen LogP contribution is 2.42. The van der Waals surface area contributed by atoms with Gasteiger partial charge in [-0.25, -0.2) is 28.2 Å². The fraction of sp³-hybridized carbons (Fsp3) is 0.194. The van der Waals surface area contributed by atoms with E-state index >= 15 is 0 Å². The van der Waals surface area contributed by atoms with Gasteiger partial charge >= 0.3 is 6.09 Å². The molecule has 12 nitrogen and oxygen atoms in total. The Morgan fingerprint density at radius 1 is 1.08 bits per heavy atom. The Morgan fingerprint density at radius 2 is 1.84 bits per heavy atom. The molecule has 6 rings (SSSR count). The summed E-state index contributed by atoms with van der Waals surface area (Å²) < 4.78 is 33.9. The molecule has 5 aromatic rings. The molecule has 3 aromatic carbocycles. The zero-order chi connectivity index (χ0) is 36.1. The minimum absolute atomic E-state index is 0.0357. The van der Waals surface area contributed by atoms with Crippen molar-refractivity contribution in [2.45, 2.75) is 38.0 Å². The van der Waals surface area contributed by atoms with Crippen molar-refractivity contribution in [3.63, 3.8) is 0 Å². The first kappa shape index (κ1) is 35.0. The fourth-order valence-electron chi connectivity index (χ4n) is 5.83. The summed E-state index contributed by atoms with van der Waals surface area (Å²) in [6.07, 6.45) is 1.87. The van der Waals surface area contributed by atoms with E-state index in [1.165, 1.54) is 18.2 Å². The number of alkyl carbamates (subject to hydrolysis) is 1. The van der Waals surface area contributed by atoms with Gasteiger partial charge in [0.2, 0.25) is 5.96 Å². The van der Waals surface area contributed by atoms with Crippen LogP contribution in [0.5, 0.6) is 0 Å². The van der Waals surface area contributed by atoms with Crippen LogP contribution in [-0.2, 0) is 21.7 Å². The van der Waals surface area contributed by atoms with E-state index in [2.05, 4.69) is 31.9 Å². The van der Waals surface area contributed by atoms with E-state index < -0.39 is 42.4 Å². The highest BCUT2D eigenvalue weighted by molar-refractivity contribution is 6.32. The van der Waals surface area contributed by atoms with Crippen LogP contribution in [0.3, 0.4) is 0 Å². The second kappa shape index (κ2) is 14.9. The normalized spacial score (nSPS) is 16.2. The lowest BCUT2D eigenvalue weighted by atomic mass is 9.83. The molecule has 0 fully saturated rings. The van der Waals surface area contributed by atoms with Crippen LogP contribution in [0, 0.1) is 0 Å². The first-order valence-corrected chi connectivity index (χ1v) is 16.0. The Hall–Kier alpha value is -5.86. The standard InChI is InChI=1S/C36H31ClF2N8O4/c1-22(2)17-36(26-11-8-24(9-12-26)28-18-40-14-15-41-28)33(49)46(34(45-36)44-35(50)51-20-23-6-4-3-5-7-23)30(19-48)25-10-13-27(37)29(16-25)47-32(31(38)39)42-21-43-47/h3-16,18,21,30-31,48H,1,17,19-20H2,2H3,(H,44,45,50)/t30-,36-/m1/s1. The number of aliphatic imine (C=N–C) groups is 1. The molecule has 15 heteroatoms. The summed E-state index contributed by atoms with van der Waals surface area (Å²) in [6, 6.07) is 19.2. The molecule has 2 atom stereocenters. The topological polar surface area (TPSA) is 148 Å². The third-order valence-electron chi connectivity index (χ3n) is 8.14. The maximum atomic E-state index is 14.9. The number of guanidine groups is 1. The molecule has 3 heterocycles. The Balaban J connectivity index is 1.43. The van der Waals surface area contributed by atoms with Gasteiger partial charge < -0.3 is 9.84 Å². The van der Waals surface area contributed by atoms with Gasteiger partial charge in [0.25, 0.3) is 12.3 Å². The number of amides is 2. The average molecular weight is 713 g/mol. The van der Waals surface area contributed by atoms with Crippen LogP contribution in [0.2, 0.25) is 5.02 Å². The number of aliphatic hydroxyl groups is 1. The average Bonchev–Trinajstić information content (AvgIpc) is 3.73. The number of halogens is 3. The molecule has 0 spiro atoms. The molecule has 2 amide bonds. The SMILES string of the molecule is C=C(C)C[C@]1(c2ccc(-c3cnccn3)cc2)N=C(NC(=O)OCc2ccccc2)N([C@H](CO)c2ccc(Cl)c(-n3ncnc3C(F)F)c2)C1=O. The van der Waals surface area contributed by atoms with Crippen molar-refractivity contribution < 1.29 is 28.2 Å². The maximum Gasteiger partial charge on any atom is 0.414 e. The number of hydrogen-bond acceptors (Lipinski definition) is 9. The molecular weight excluding hydrogens is 682 g/mol. The van der Waals surface area contributed by atoms with Gasteiger partial charge in [0.15, 0.2) is 11.4 Å². The highest BCUT2D eigenvalue weighted by Gasteiger charge is 2.52. The van der Waals surface area contributed by atoms with E-state index in [1.54, 1.807) is 74.0 Å². The second-order valence-corrected chi connectivity index (χ2v) is 12.1. The molecule has 51 heavy (non-hydrogen) atoms. The van der Waals surface area contributed by atoms with Crippen LogP contribution in [0.4, 0.5) is 13.6 Å². The predicted molar refractivity (Wildman–Crippen MR) is 184 cm³/mol. The minimum atomic E-state index is -2.96. The number of nitrogens with zero attached hydrogens (tertiary/aromatic N) is 7. The van der Waals surface area contributed by atoms with Crippen LogP contribution in [0.15, 0.2) is 115 Å². The molecule has 1 aliphatic heterocycles. The summed E-state index contributed by atoms with van der Waals surface area (Å²) >= 11 is 6.43. The van der Waals surface area contributed by atoms with Crippen LogP contribution in [-0.4, -0.2) is 59.3 Å². The summed E-state index contributed by atoms with van der Waals surface area (Å²) in [5.74, 6) is -1.45. The monoisotopic (exact) mass is 712 g/mol. The van der Waals surface area contributed by atoms with E-state index in [0.29, 0.717) is 16.8 Å². The highest BCUT2D eigenvalue weighted by atomic mass is 35.5. The van der Waals surface area contributed by atoms with Crippen LogP contribution in [0.1, 0.15) is 48.3 Å². The summed E-state index contributed by atoms with van der Waals surface area (Å²) in [7, 11) is 0. The van der Waals surface area contributed by atoms with Crippen LogP contribution >= 0.6 is 11.6 Å². The maximum absolute atomic E-state index is 14.9. The lowest BCUT2D eigenvalue weighted by Crippen LogP contribution is -2.49. The molecule has 0 aliphatic carbocycles. The van der Waals surface area contributed by atoms with Crippen LogP contribution in [0.25, 0.3) is 16.9 Å². The zero-order valence-corrected chi connectivity index (χ0v) is 27.9. The number of aromatic nitrogens is 5. The number of carbonyl (C=O) groups is 2. The molecule has 0 radical (unpaired) electrons. The van der Waals surface area contributed by atoms with Crippen molar-refractivity contribution in [1.29, 1.82) is 0 Å². The second-order valence-electron chi connectivity index (χ2n) is 11.7. The first-order chi connectivity index (χ1) is 24.6. The smallest absolute Gasteiger partial charge is 0.414 e. The van der Waals surface area contributed by atoms with Gasteiger partial charge in [-0.2, -0.15) is 5.10 Å². The Kier molecular flexibility index (Phi) is 10.3. The van der Waals surface area contributed by atoms with Gasteiger partial charge in [-0.1, -0.05) is 77.8 Å². The quantitative estimate of drug-likeness (QED) is 0.151. The number of aliphatic hydroxyl groups excluding tert-OH is 1. The number of alkyl halides is 2. The summed E-state index contributed by atoms with van der Waals surface area (Å²) in [6.45, 7) is 5.06. The van der Waals surface area contributed by atoms with Gasteiger partial charge in [-0.05, 0) is 35.7 Å². The molecule has 0 saturated heterocycles. The largest absolute Gasteiger partial charge is 0.444 e. The van der Waals surface area contributed by atoms with Crippen molar-refractivity contribution in [3.05, 3.63) is 137 Å². The van der Waals surface area contributed by atoms with Crippen molar-refractivity contribution in [2.75, 3.05) is 6.61 Å². The van der Waals surface area contributed by atoms with Crippen molar-refractivity contribution in [1.82, 2.24) is 34.9 Å². The first-order valence-electron chi connectivity index (χ1n) is 15.6. The zero-order valence-electron chi connectivity index (χ0n) is 27.2. The van der Waals surface area contributed by atoms with Gasteiger partial charge in [0, 0.05) is 24.4 Å². The molecular formula is C36H31ClF2N8O4. The lowest BCUT2D eigenvalue weighted by molar-refractivity contribution is -0.134. The van der Waals surface area contributed by atoms with E-state index in [0.717, 1.165) is 27.0 Å². The lowest BCUT2D eigenvalue weighted by Gasteiger charge is -2.31. The molecule has 0 saturated carbocycles. The minimum Gasteiger partial charge on any atom is -0.444 e. The molecule has 1 aliphatic rings.